The zero-order chi connectivity index (χ0) is 22.1. The van der Waals surface area contributed by atoms with Crippen molar-refractivity contribution in [1.29, 1.82) is 0 Å². The Labute approximate surface area is 196 Å². The lowest BCUT2D eigenvalue weighted by Crippen LogP contribution is -2.34. The molecule has 0 saturated carbocycles. The van der Waals surface area contributed by atoms with Crippen LogP contribution in [0.2, 0.25) is 0 Å². The number of ether oxygens (including phenoxy) is 1. The van der Waals surface area contributed by atoms with Gasteiger partial charge in [-0.1, -0.05) is 79.3 Å². The summed E-state index contributed by atoms with van der Waals surface area (Å²) in [6.45, 7) is 5.36. The van der Waals surface area contributed by atoms with E-state index in [0.29, 0.717) is 13.2 Å². The van der Waals surface area contributed by atoms with E-state index in [1.807, 2.05) is 41.0 Å². The number of hydrogen-bond acceptors (Lipinski definition) is 5. The molecule has 0 fully saturated rings. The number of aromatic nitrogens is 2. The monoisotopic (exact) mass is 462 g/mol. The summed E-state index contributed by atoms with van der Waals surface area (Å²) in [4.78, 5) is 20.9. The summed E-state index contributed by atoms with van der Waals surface area (Å²) in [6.07, 6.45) is 1.68. The largest absolute Gasteiger partial charge is 0.369 e. The van der Waals surface area contributed by atoms with Crippen LogP contribution in [0.5, 0.6) is 0 Å². The van der Waals surface area contributed by atoms with E-state index in [1.165, 1.54) is 5.56 Å². The number of nitrogens with zero attached hydrogens (tertiary/aromatic N) is 2. The van der Waals surface area contributed by atoms with Gasteiger partial charge in [0.25, 0.3) is 5.56 Å². The molecule has 1 aliphatic rings. The van der Waals surface area contributed by atoms with E-state index in [2.05, 4.69) is 38.1 Å². The summed E-state index contributed by atoms with van der Waals surface area (Å²) in [5.41, 5.74) is 3.30. The van der Waals surface area contributed by atoms with Crippen molar-refractivity contribution in [2.75, 3.05) is 0 Å². The second-order valence-electron chi connectivity index (χ2n) is 8.50. The third kappa shape index (κ3) is 4.15. The first-order chi connectivity index (χ1) is 15.6. The van der Waals surface area contributed by atoms with Gasteiger partial charge in [0.15, 0.2) is 5.16 Å². The third-order valence-corrected chi connectivity index (χ3v) is 8.35. The fourth-order valence-electron chi connectivity index (χ4n) is 4.10. The van der Waals surface area contributed by atoms with Gasteiger partial charge in [-0.25, -0.2) is 4.98 Å². The van der Waals surface area contributed by atoms with E-state index in [-0.39, 0.29) is 11.2 Å². The summed E-state index contributed by atoms with van der Waals surface area (Å²) in [5.74, 6) is 0.773. The molecule has 164 valence electrons. The molecule has 0 saturated heterocycles. The van der Waals surface area contributed by atoms with Crippen molar-refractivity contribution in [2.45, 2.75) is 56.4 Å². The molecule has 0 N–H and O–H groups in total. The quantitative estimate of drug-likeness (QED) is 0.259. The second kappa shape index (κ2) is 8.85. The van der Waals surface area contributed by atoms with Gasteiger partial charge in [0.05, 0.1) is 24.1 Å². The van der Waals surface area contributed by atoms with Gasteiger partial charge in [0, 0.05) is 17.1 Å². The van der Waals surface area contributed by atoms with Gasteiger partial charge in [0.1, 0.15) is 4.83 Å². The van der Waals surface area contributed by atoms with Gasteiger partial charge in [-0.15, -0.1) is 11.3 Å². The predicted molar refractivity (Wildman–Crippen MR) is 133 cm³/mol. The first-order valence-electron chi connectivity index (χ1n) is 11.0. The van der Waals surface area contributed by atoms with Crippen LogP contribution in [0.1, 0.15) is 41.8 Å². The molecule has 0 radical (unpaired) electrons. The third-order valence-electron chi connectivity index (χ3n) is 6.20. The van der Waals surface area contributed by atoms with Gasteiger partial charge in [0.2, 0.25) is 0 Å². The SMILES string of the molecule is CC[C@@]1(C)Cc2c(sc3nc(SCc4ccccc4)n(Cc4ccccc4)c(=O)c23)CO1. The highest BCUT2D eigenvalue weighted by molar-refractivity contribution is 7.98. The normalized spacial score (nSPS) is 18.1. The van der Waals surface area contributed by atoms with Crippen LogP contribution in [0.25, 0.3) is 10.2 Å². The summed E-state index contributed by atoms with van der Waals surface area (Å²) >= 11 is 3.24. The van der Waals surface area contributed by atoms with Gasteiger partial charge in [-0.2, -0.15) is 0 Å². The molecule has 3 heterocycles. The summed E-state index contributed by atoms with van der Waals surface area (Å²) in [5, 5.41) is 1.56. The summed E-state index contributed by atoms with van der Waals surface area (Å²) in [6, 6.07) is 20.5. The molecule has 0 amide bonds. The lowest BCUT2D eigenvalue weighted by Gasteiger charge is -2.32. The van der Waals surface area contributed by atoms with Crippen LogP contribution in [-0.2, 0) is 30.1 Å². The minimum atomic E-state index is -0.224. The first-order valence-corrected chi connectivity index (χ1v) is 12.8. The maximum atomic E-state index is 13.9. The van der Waals surface area contributed by atoms with Crippen molar-refractivity contribution in [3.63, 3.8) is 0 Å². The number of benzene rings is 2. The molecule has 0 unspecified atom stereocenters. The van der Waals surface area contributed by atoms with E-state index in [9.17, 15) is 4.79 Å². The van der Waals surface area contributed by atoms with Gasteiger partial charge < -0.3 is 4.74 Å². The molecule has 4 nitrogen and oxygen atoms in total. The highest BCUT2D eigenvalue weighted by Crippen LogP contribution is 2.39. The van der Waals surface area contributed by atoms with Crippen LogP contribution in [0.3, 0.4) is 0 Å². The fourth-order valence-corrected chi connectivity index (χ4v) is 6.20. The van der Waals surface area contributed by atoms with Crippen molar-refractivity contribution in [3.8, 4) is 0 Å². The van der Waals surface area contributed by atoms with E-state index < -0.39 is 0 Å². The fraction of sp³-hybridized carbons (Fsp3) is 0.308. The van der Waals surface area contributed by atoms with E-state index in [0.717, 1.165) is 50.0 Å². The average molecular weight is 463 g/mol. The highest BCUT2D eigenvalue weighted by atomic mass is 32.2. The minimum absolute atomic E-state index is 0.0623. The Balaban J connectivity index is 1.61. The molecule has 0 aliphatic carbocycles. The van der Waals surface area contributed by atoms with Gasteiger partial charge in [-0.3, -0.25) is 9.36 Å². The lowest BCUT2D eigenvalue weighted by molar-refractivity contribution is -0.0543. The molecular formula is C26H26N2O2S2. The molecule has 5 rings (SSSR count). The molecular weight excluding hydrogens is 436 g/mol. The molecule has 0 bridgehead atoms. The summed E-state index contributed by atoms with van der Waals surface area (Å²) in [7, 11) is 0. The topological polar surface area (TPSA) is 44.1 Å². The van der Waals surface area contributed by atoms with Crippen LogP contribution in [-0.4, -0.2) is 15.2 Å². The Morgan fingerprint density at radius 2 is 1.78 bits per heavy atom. The predicted octanol–water partition coefficient (Wildman–Crippen LogP) is 6.04. The van der Waals surface area contributed by atoms with Gasteiger partial charge in [-0.05, 0) is 30.0 Å². The van der Waals surface area contributed by atoms with Crippen LogP contribution in [0, 0.1) is 0 Å². The van der Waals surface area contributed by atoms with Crippen LogP contribution in [0.4, 0.5) is 0 Å². The average Bonchev–Trinajstić information content (AvgIpc) is 3.18. The number of thioether (sulfide) groups is 1. The zero-order valence-corrected chi connectivity index (χ0v) is 20.0. The molecule has 32 heavy (non-hydrogen) atoms. The zero-order valence-electron chi connectivity index (χ0n) is 18.3. The van der Waals surface area contributed by atoms with Crippen molar-refractivity contribution < 1.29 is 4.74 Å². The standard InChI is InChI=1S/C26H26N2O2S2/c1-3-26(2)14-20-21(16-30-26)32-23-22(20)24(29)28(15-18-10-6-4-7-11-18)25(27-23)31-17-19-12-8-5-9-13-19/h4-13H,3,14-17H2,1-2H3/t26-/m0/s1. The van der Waals surface area contributed by atoms with E-state index in [1.54, 1.807) is 23.1 Å². The molecule has 4 aromatic rings. The molecule has 1 atom stereocenters. The van der Waals surface area contributed by atoms with Crippen molar-refractivity contribution in [2.24, 2.45) is 0 Å². The maximum absolute atomic E-state index is 13.9. The van der Waals surface area contributed by atoms with E-state index >= 15 is 0 Å². The maximum Gasteiger partial charge on any atom is 0.263 e. The molecule has 2 aromatic carbocycles. The number of hydrogen-bond donors (Lipinski definition) is 0. The lowest BCUT2D eigenvalue weighted by atomic mass is 9.90. The Morgan fingerprint density at radius 1 is 1.09 bits per heavy atom. The summed E-state index contributed by atoms with van der Waals surface area (Å²) < 4.78 is 8.00. The van der Waals surface area contributed by atoms with Crippen molar-refractivity contribution >= 4 is 33.3 Å². The van der Waals surface area contributed by atoms with Gasteiger partial charge >= 0.3 is 0 Å². The van der Waals surface area contributed by atoms with Crippen LogP contribution < -0.4 is 5.56 Å². The highest BCUT2D eigenvalue weighted by Gasteiger charge is 2.33. The second-order valence-corrected chi connectivity index (χ2v) is 10.5. The Kier molecular flexibility index (Phi) is 5.93. The van der Waals surface area contributed by atoms with Crippen molar-refractivity contribution in [3.05, 3.63) is 92.6 Å². The van der Waals surface area contributed by atoms with Crippen molar-refractivity contribution in [1.82, 2.24) is 9.55 Å². The molecule has 2 aromatic heterocycles. The molecule has 1 aliphatic heterocycles. The number of fused-ring (bicyclic) bond motifs is 3. The number of thiophene rings is 1. The van der Waals surface area contributed by atoms with Crippen LogP contribution in [0.15, 0.2) is 70.6 Å². The smallest absolute Gasteiger partial charge is 0.263 e. The Morgan fingerprint density at radius 3 is 2.47 bits per heavy atom. The Bertz CT molecular complexity index is 1300. The van der Waals surface area contributed by atoms with E-state index in [4.69, 9.17) is 9.72 Å². The Hall–Kier alpha value is -2.41. The molecule has 6 heteroatoms. The minimum Gasteiger partial charge on any atom is -0.369 e. The molecule has 0 spiro atoms. The van der Waals surface area contributed by atoms with Crippen LogP contribution >= 0.6 is 23.1 Å². The number of rotatable bonds is 6. The first kappa shape index (κ1) is 21.4.